The van der Waals surface area contributed by atoms with Crippen molar-refractivity contribution in [3.8, 4) is 0 Å². The molecule has 0 aliphatic carbocycles. The van der Waals surface area contributed by atoms with Crippen LogP contribution in [-0.2, 0) is 9.59 Å². The van der Waals surface area contributed by atoms with E-state index in [4.69, 9.17) is 11.6 Å². The van der Waals surface area contributed by atoms with Crippen molar-refractivity contribution >= 4 is 34.8 Å². The van der Waals surface area contributed by atoms with Crippen LogP contribution in [0.4, 0.5) is 11.4 Å². The van der Waals surface area contributed by atoms with E-state index in [1.807, 2.05) is 26.0 Å². The third-order valence-electron chi connectivity index (χ3n) is 2.85. The highest BCUT2D eigenvalue weighted by Gasteiger charge is 2.16. The number of carbonyl (C=O) groups excluding carboxylic acids is 2. The van der Waals surface area contributed by atoms with Crippen molar-refractivity contribution in [2.45, 2.75) is 13.8 Å². The van der Waals surface area contributed by atoms with E-state index in [0.29, 0.717) is 11.4 Å². The van der Waals surface area contributed by atoms with Crippen LogP contribution in [0.5, 0.6) is 0 Å². The van der Waals surface area contributed by atoms with E-state index in [9.17, 15) is 9.59 Å². The van der Waals surface area contributed by atoms with Crippen molar-refractivity contribution in [3.05, 3.63) is 52.8 Å². The van der Waals surface area contributed by atoms with Gasteiger partial charge in [-0.3, -0.25) is 9.59 Å². The van der Waals surface area contributed by atoms with Gasteiger partial charge in [-0.15, -0.1) is 0 Å². The van der Waals surface area contributed by atoms with E-state index in [0.717, 1.165) is 11.1 Å². The number of benzene rings is 1. The van der Waals surface area contributed by atoms with Crippen LogP contribution in [0.2, 0.25) is 5.15 Å². The van der Waals surface area contributed by atoms with Crippen LogP contribution in [0.3, 0.4) is 0 Å². The normalized spacial score (nSPS) is 10.0. The maximum atomic E-state index is 11.9. The molecule has 0 spiro atoms. The van der Waals surface area contributed by atoms with Crippen molar-refractivity contribution < 1.29 is 9.59 Å². The molecule has 0 radical (unpaired) electrons. The van der Waals surface area contributed by atoms with E-state index in [-0.39, 0.29) is 5.15 Å². The fourth-order valence-corrected chi connectivity index (χ4v) is 1.87. The molecule has 0 saturated carbocycles. The van der Waals surface area contributed by atoms with Crippen LogP contribution in [0, 0.1) is 13.8 Å². The monoisotopic (exact) mass is 303 g/mol. The highest BCUT2D eigenvalue weighted by molar-refractivity contribution is 6.44. The maximum Gasteiger partial charge on any atom is 0.314 e. The predicted molar refractivity (Wildman–Crippen MR) is 82.4 cm³/mol. The Morgan fingerprint density at radius 2 is 1.71 bits per heavy atom. The number of anilines is 2. The van der Waals surface area contributed by atoms with Gasteiger partial charge >= 0.3 is 11.8 Å². The topological polar surface area (TPSA) is 71.1 Å². The molecule has 2 N–H and O–H groups in total. The summed E-state index contributed by atoms with van der Waals surface area (Å²) < 4.78 is 0. The zero-order chi connectivity index (χ0) is 15.4. The number of amides is 2. The summed E-state index contributed by atoms with van der Waals surface area (Å²) in [5.74, 6) is -1.56. The summed E-state index contributed by atoms with van der Waals surface area (Å²) in [6.07, 6.45) is 1.49. The standard InChI is InChI=1S/C15H14ClN3O2/c1-9-5-6-10(2)12(8-9)19-15(21)14(20)18-11-4-3-7-17-13(11)16/h3-8H,1-2H3,(H,18,20)(H,19,21). The largest absolute Gasteiger partial charge is 0.318 e. The summed E-state index contributed by atoms with van der Waals surface area (Å²) in [5, 5.41) is 5.12. The number of rotatable bonds is 2. The molecule has 1 aromatic carbocycles. The van der Waals surface area contributed by atoms with E-state index >= 15 is 0 Å². The maximum absolute atomic E-state index is 11.9. The molecule has 0 aliphatic heterocycles. The van der Waals surface area contributed by atoms with Crippen LogP contribution < -0.4 is 10.6 Å². The van der Waals surface area contributed by atoms with E-state index in [1.54, 1.807) is 18.2 Å². The number of halogens is 1. The molecule has 0 bridgehead atoms. The molecule has 1 aromatic heterocycles. The van der Waals surface area contributed by atoms with E-state index in [2.05, 4.69) is 15.6 Å². The molecule has 21 heavy (non-hydrogen) atoms. The Kier molecular flexibility index (Phi) is 4.55. The minimum Gasteiger partial charge on any atom is -0.318 e. The van der Waals surface area contributed by atoms with Gasteiger partial charge in [0, 0.05) is 11.9 Å². The number of nitrogens with one attached hydrogen (secondary N) is 2. The van der Waals surface area contributed by atoms with Gasteiger partial charge in [0.15, 0.2) is 5.15 Å². The molecule has 108 valence electrons. The zero-order valence-electron chi connectivity index (χ0n) is 11.6. The predicted octanol–water partition coefficient (Wildman–Crippen LogP) is 2.93. The summed E-state index contributed by atoms with van der Waals surface area (Å²) in [6, 6.07) is 8.79. The van der Waals surface area contributed by atoms with Gasteiger partial charge in [-0.05, 0) is 43.2 Å². The Morgan fingerprint density at radius 1 is 1.05 bits per heavy atom. The Labute approximate surface area is 127 Å². The van der Waals surface area contributed by atoms with Crippen molar-refractivity contribution in [1.82, 2.24) is 4.98 Å². The fourth-order valence-electron chi connectivity index (χ4n) is 1.71. The molecule has 0 aliphatic rings. The molecule has 0 unspecified atom stereocenters. The van der Waals surface area contributed by atoms with Crippen molar-refractivity contribution in [3.63, 3.8) is 0 Å². The molecule has 6 heteroatoms. The lowest BCUT2D eigenvalue weighted by molar-refractivity contribution is -0.133. The number of aromatic nitrogens is 1. The molecule has 0 fully saturated rings. The number of hydrogen-bond acceptors (Lipinski definition) is 3. The highest BCUT2D eigenvalue weighted by Crippen LogP contribution is 2.18. The molecule has 5 nitrogen and oxygen atoms in total. The first-order chi connectivity index (χ1) is 9.97. The molecule has 2 amide bonds. The van der Waals surface area contributed by atoms with Crippen LogP contribution >= 0.6 is 11.6 Å². The van der Waals surface area contributed by atoms with Crippen LogP contribution in [0.15, 0.2) is 36.5 Å². The van der Waals surface area contributed by atoms with Gasteiger partial charge in [0.25, 0.3) is 0 Å². The number of aryl methyl sites for hydroxylation is 2. The lowest BCUT2D eigenvalue weighted by Crippen LogP contribution is -2.29. The third-order valence-corrected chi connectivity index (χ3v) is 3.16. The lowest BCUT2D eigenvalue weighted by Gasteiger charge is -2.10. The summed E-state index contributed by atoms with van der Waals surface area (Å²) in [4.78, 5) is 27.6. The van der Waals surface area contributed by atoms with Crippen LogP contribution in [0.1, 0.15) is 11.1 Å². The SMILES string of the molecule is Cc1ccc(C)c(NC(=O)C(=O)Nc2cccnc2Cl)c1. The molecule has 1 heterocycles. The molecule has 2 rings (SSSR count). The van der Waals surface area contributed by atoms with Crippen molar-refractivity contribution in [2.24, 2.45) is 0 Å². The zero-order valence-corrected chi connectivity index (χ0v) is 12.4. The Morgan fingerprint density at radius 3 is 2.38 bits per heavy atom. The van der Waals surface area contributed by atoms with Gasteiger partial charge in [-0.1, -0.05) is 23.7 Å². The van der Waals surface area contributed by atoms with Gasteiger partial charge in [0.2, 0.25) is 0 Å². The number of carbonyl (C=O) groups is 2. The number of pyridine rings is 1. The van der Waals surface area contributed by atoms with Crippen molar-refractivity contribution in [2.75, 3.05) is 10.6 Å². The average molecular weight is 304 g/mol. The number of nitrogens with zero attached hydrogens (tertiary/aromatic N) is 1. The first-order valence-corrected chi connectivity index (χ1v) is 6.65. The van der Waals surface area contributed by atoms with Gasteiger partial charge in [-0.25, -0.2) is 4.98 Å². The summed E-state index contributed by atoms with van der Waals surface area (Å²) in [6.45, 7) is 3.76. The van der Waals surface area contributed by atoms with E-state index < -0.39 is 11.8 Å². The second kappa shape index (κ2) is 6.37. The average Bonchev–Trinajstić information content (AvgIpc) is 2.45. The Hall–Kier alpha value is -2.40. The fraction of sp³-hybridized carbons (Fsp3) is 0.133. The second-order valence-corrected chi connectivity index (χ2v) is 4.93. The van der Waals surface area contributed by atoms with Crippen LogP contribution in [0.25, 0.3) is 0 Å². The van der Waals surface area contributed by atoms with Gasteiger partial charge in [0.1, 0.15) is 0 Å². The molecule has 0 atom stereocenters. The second-order valence-electron chi connectivity index (χ2n) is 4.57. The Balaban J connectivity index is 2.08. The van der Waals surface area contributed by atoms with Gasteiger partial charge in [-0.2, -0.15) is 0 Å². The first-order valence-electron chi connectivity index (χ1n) is 6.27. The summed E-state index contributed by atoms with van der Waals surface area (Å²) >= 11 is 5.82. The minimum absolute atomic E-state index is 0.130. The quantitative estimate of drug-likeness (QED) is 0.662. The lowest BCUT2D eigenvalue weighted by atomic mass is 10.1. The van der Waals surface area contributed by atoms with Crippen LogP contribution in [-0.4, -0.2) is 16.8 Å². The number of hydrogen-bond donors (Lipinski definition) is 2. The van der Waals surface area contributed by atoms with Gasteiger partial charge < -0.3 is 10.6 Å². The molecular weight excluding hydrogens is 290 g/mol. The van der Waals surface area contributed by atoms with E-state index in [1.165, 1.54) is 6.20 Å². The molecule has 2 aromatic rings. The Bertz CT molecular complexity index is 701. The van der Waals surface area contributed by atoms with Gasteiger partial charge in [0.05, 0.1) is 5.69 Å². The third kappa shape index (κ3) is 3.79. The van der Waals surface area contributed by atoms with Crippen molar-refractivity contribution in [1.29, 1.82) is 0 Å². The minimum atomic E-state index is -0.800. The first kappa shape index (κ1) is 15.0. The smallest absolute Gasteiger partial charge is 0.314 e. The molecular formula is C15H14ClN3O2. The highest BCUT2D eigenvalue weighted by atomic mass is 35.5. The molecule has 0 saturated heterocycles. The summed E-state index contributed by atoms with van der Waals surface area (Å²) in [5.41, 5.74) is 2.76. The summed E-state index contributed by atoms with van der Waals surface area (Å²) in [7, 11) is 0.